The summed E-state index contributed by atoms with van der Waals surface area (Å²) in [7, 11) is 0. The number of rotatable bonds is 4. The molecule has 1 aromatic carbocycles. The Morgan fingerprint density at radius 1 is 1.25 bits per heavy atom. The highest BCUT2D eigenvalue weighted by Crippen LogP contribution is 2.34. The summed E-state index contributed by atoms with van der Waals surface area (Å²) in [5.74, 6) is 1.95. The van der Waals surface area contributed by atoms with E-state index < -0.39 is 0 Å². The van der Waals surface area contributed by atoms with Crippen LogP contribution in [0.1, 0.15) is 43.1 Å². The molecule has 0 spiro atoms. The first kappa shape index (κ1) is 15.3. The van der Waals surface area contributed by atoms with Gasteiger partial charge in [0.05, 0.1) is 5.92 Å². The predicted molar refractivity (Wildman–Crippen MR) is 88.9 cm³/mol. The molecule has 2 heterocycles. The Morgan fingerprint density at radius 2 is 2.04 bits per heavy atom. The Hall–Kier alpha value is -2.21. The average Bonchev–Trinajstić information content (AvgIpc) is 3.38. The molecule has 0 radical (unpaired) electrons. The zero-order chi connectivity index (χ0) is 16.5. The molecule has 1 unspecified atom stereocenters. The zero-order valence-electron chi connectivity index (χ0n) is 13.6. The van der Waals surface area contributed by atoms with E-state index in [4.69, 9.17) is 10.3 Å². The molecule has 126 valence electrons. The van der Waals surface area contributed by atoms with Crippen LogP contribution in [-0.4, -0.2) is 34.0 Å². The molecule has 1 aromatic heterocycles. The topological polar surface area (TPSA) is 85.2 Å². The van der Waals surface area contributed by atoms with Gasteiger partial charge in [-0.05, 0) is 31.2 Å². The zero-order valence-corrected chi connectivity index (χ0v) is 13.6. The third kappa shape index (κ3) is 3.06. The molecule has 4 rings (SSSR count). The Balaban J connectivity index is 1.48. The molecular weight excluding hydrogens is 304 g/mol. The highest BCUT2D eigenvalue weighted by atomic mass is 16.5. The SMILES string of the molecule is NCc1ccc(-c2noc(C3CCCN(C(=O)C4CC4)C3)n2)cc1. The van der Waals surface area contributed by atoms with Crippen LogP contribution in [0.15, 0.2) is 28.8 Å². The van der Waals surface area contributed by atoms with Crippen molar-refractivity contribution in [2.45, 2.75) is 38.1 Å². The molecule has 1 amide bonds. The van der Waals surface area contributed by atoms with Crippen LogP contribution in [0.4, 0.5) is 0 Å². The van der Waals surface area contributed by atoms with E-state index in [9.17, 15) is 4.79 Å². The van der Waals surface area contributed by atoms with Gasteiger partial charge in [0, 0.05) is 31.1 Å². The normalized spacial score (nSPS) is 21.0. The van der Waals surface area contributed by atoms with Crippen molar-refractivity contribution in [3.05, 3.63) is 35.7 Å². The van der Waals surface area contributed by atoms with Crippen molar-refractivity contribution < 1.29 is 9.32 Å². The second-order valence-electron chi connectivity index (χ2n) is 6.75. The van der Waals surface area contributed by atoms with Crippen LogP contribution < -0.4 is 5.73 Å². The van der Waals surface area contributed by atoms with E-state index in [1.165, 1.54) is 0 Å². The van der Waals surface area contributed by atoms with E-state index >= 15 is 0 Å². The van der Waals surface area contributed by atoms with Gasteiger partial charge in [0.15, 0.2) is 0 Å². The van der Waals surface area contributed by atoms with Gasteiger partial charge in [-0.1, -0.05) is 29.4 Å². The molecule has 6 nitrogen and oxygen atoms in total. The monoisotopic (exact) mass is 326 g/mol. The lowest BCUT2D eigenvalue weighted by atomic mass is 9.97. The Morgan fingerprint density at radius 3 is 2.75 bits per heavy atom. The lowest BCUT2D eigenvalue weighted by molar-refractivity contribution is -0.133. The van der Waals surface area contributed by atoms with Crippen molar-refractivity contribution in [2.75, 3.05) is 13.1 Å². The second kappa shape index (κ2) is 6.36. The molecule has 6 heteroatoms. The molecular formula is C18H22N4O2. The minimum Gasteiger partial charge on any atom is -0.342 e. The number of carbonyl (C=O) groups is 1. The Labute approximate surface area is 141 Å². The molecule has 1 aliphatic heterocycles. The molecule has 1 saturated carbocycles. The fourth-order valence-corrected chi connectivity index (χ4v) is 3.28. The number of hydrogen-bond donors (Lipinski definition) is 1. The molecule has 2 fully saturated rings. The van der Waals surface area contributed by atoms with Gasteiger partial charge in [0.1, 0.15) is 0 Å². The number of likely N-dealkylation sites (tertiary alicyclic amines) is 1. The average molecular weight is 326 g/mol. The number of amides is 1. The van der Waals surface area contributed by atoms with E-state index in [-0.39, 0.29) is 11.8 Å². The maximum Gasteiger partial charge on any atom is 0.231 e. The molecule has 1 aliphatic carbocycles. The van der Waals surface area contributed by atoms with Crippen LogP contribution >= 0.6 is 0 Å². The number of benzene rings is 1. The maximum atomic E-state index is 12.3. The van der Waals surface area contributed by atoms with E-state index in [2.05, 4.69) is 10.1 Å². The number of aromatic nitrogens is 2. The van der Waals surface area contributed by atoms with Crippen molar-refractivity contribution in [3.63, 3.8) is 0 Å². The van der Waals surface area contributed by atoms with Gasteiger partial charge in [0.25, 0.3) is 0 Å². The van der Waals surface area contributed by atoms with Crippen LogP contribution in [-0.2, 0) is 11.3 Å². The number of hydrogen-bond acceptors (Lipinski definition) is 5. The third-order valence-electron chi connectivity index (χ3n) is 4.90. The van der Waals surface area contributed by atoms with Gasteiger partial charge in [-0.3, -0.25) is 4.79 Å². The first-order valence-electron chi connectivity index (χ1n) is 8.66. The van der Waals surface area contributed by atoms with Gasteiger partial charge in [0.2, 0.25) is 17.6 Å². The lowest BCUT2D eigenvalue weighted by Crippen LogP contribution is -2.40. The van der Waals surface area contributed by atoms with Gasteiger partial charge >= 0.3 is 0 Å². The van der Waals surface area contributed by atoms with Crippen LogP contribution in [0.2, 0.25) is 0 Å². The smallest absolute Gasteiger partial charge is 0.231 e. The van der Waals surface area contributed by atoms with Crippen molar-refractivity contribution in [1.29, 1.82) is 0 Å². The highest BCUT2D eigenvalue weighted by molar-refractivity contribution is 5.81. The summed E-state index contributed by atoms with van der Waals surface area (Å²) >= 11 is 0. The number of nitrogens with zero attached hydrogens (tertiary/aromatic N) is 3. The number of carbonyl (C=O) groups excluding carboxylic acids is 1. The van der Waals surface area contributed by atoms with Crippen molar-refractivity contribution in [3.8, 4) is 11.4 Å². The summed E-state index contributed by atoms with van der Waals surface area (Å²) in [6.45, 7) is 2.07. The Bertz CT molecular complexity index is 721. The van der Waals surface area contributed by atoms with Gasteiger partial charge in [-0.2, -0.15) is 4.98 Å². The third-order valence-corrected chi connectivity index (χ3v) is 4.90. The van der Waals surface area contributed by atoms with E-state index in [0.717, 1.165) is 43.4 Å². The fraction of sp³-hybridized carbons (Fsp3) is 0.500. The minimum atomic E-state index is 0.144. The number of piperidine rings is 1. The van der Waals surface area contributed by atoms with Gasteiger partial charge < -0.3 is 15.2 Å². The first-order valence-corrected chi connectivity index (χ1v) is 8.66. The molecule has 1 atom stereocenters. The Kier molecular flexibility index (Phi) is 4.06. The second-order valence-corrected chi connectivity index (χ2v) is 6.75. The molecule has 24 heavy (non-hydrogen) atoms. The largest absolute Gasteiger partial charge is 0.342 e. The van der Waals surface area contributed by atoms with Crippen molar-refractivity contribution in [1.82, 2.24) is 15.0 Å². The predicted octanol–water partition coefficient (Wildman–Crippen LogP) is 2.31. The summed E-state index contributed by atoms with van der Waals surface area (Å²) in [6.07, 6.45) is 4.07. The molecule has 2 aromatic rings. The van der Waals surface area contributed by atoms with Crippen molar-refractivity contribution in [2.24, 2.45) is 11.7 Å². The van der Waals surface area contributed by atoms with Crippen LogP contribution in [0.3, 0.4) is 0 Å². The van der Waals surface area contributed by atoms with Gasteiger partial charge in [-0.15, -0.1) is 0 Å². The number of nitrogens with two attached hydrogens (primary N) is 1. The first-order chi connectivity index (χ1) is 11.7. The standard InChI is InChI=1S/C18H22N4O2/c19-10-12-3-5-13(6-4-12)16-20-17(24-21-16)15-2-1-9-22(11-15)18(23)14-7-8-14/h3-6,14-15H,1-2,7-11,19H2. The molecule has 0 bridgehead atoms. The summed E-state index contributed by atoms with van der Waals surface area (Å²) in [5.41, 5.74) is 7.61. The molecule has 1 saturated heterocycles. The van der Waals surface area contributed by atoms with Crippen LogP contribution in [0, 0.1) is 5.92 Å². The highest BCUT2D eigenvalue weighted by Gasteiger charge is 2.36. The summed E-state index contributed by atoms with van der Waals surface area (Å²) < 4.78 is 5.50. The van der Waals surface area contributed by atoms with E-state index in [0.29, 0.717) is 30.7 Å². The van der Waals surface area contributed by atoms with Crippen LogP contribution in [0.25, 0.3) is 11.4 Å². The lowest BCUT2D eigenvalue weighted by Gasteiger charge is -2.31. The van der Waals surface area contributed by atoms with Crippen molar-refractivity contribution >= 4 is 5.91 Å². The maximum absolute atomic E-state index is 12.3. The van der Waals surface area contributed by atoms with Gasteiger partial charge in [-0.25, -0.2) is 0 Å². The molecule has 2 aliphatic rings. The quantitative estimate of drug-likeness (QED) is 0.932. The minimum absolute atomic E-state index is 0.144. The molecule has 2 N–H and O–H groups in total. The summed E-state index contributed by atoms with van der Waals surface area (Å²) in [6, 6.07) is 7.87. The van der Waals surface area contributed by atoms with E-state index in [1.54, 1.807) is 0 Å². The summed E-state index contributed by atoms with van der Waals surface area (Å²) in [5, 5.41) is 4.11. The summed E-state index contributed by atoms with van der Waals surface area (Å²) in [4.78, 5) is 18.8. The fourth-order valence-electron chi connectivity index (χ4n) is 3.28. The van der Waals surface area contributed by atoms with Crippen LogP contribution in [0.5, 0.6) is 0 Å². The van der Waals surface area contributed by atoms with E-state index in [1.807, 2.05) is 29.2 Å².